The molecule has 0 amide bonds. The zero-order valence-electron chi connectivity index (χ0n) is 9.72. The maximum absolute atomic E-state index is 8.84. The van der Waals surface area contributed by atoms with Gasteiger partial charge in [-0.1, -0.05) is 5.16 Å². The fourth-order valence-electron chi connectivity index (χ4n) is 2.02. The van der Waals surface area contributed by atoms with Crippen molar-refractivity contribution in [3.63, 3.8) is 0 Å². The van der Waals surface area contributed by atoms with Crippen LogP contribution in [0.5, 0.6) is 0 Å². The molecule has 1 saturated heterocycles. The molecule has 0 unspecified atom stereocenters. The van der Waals surface area contributed by atoms with E-state index in [-0.39, 0.29) is 6.61 Å². The zero-order valence-corrected chi connectivity index (χ0v) is 9.72. The molecule has 1 aromatic rings. The Bertz CT molecular complexity index is 319. The van der Waals surface area contributed by atoms with Crippen LogP contribution >= 0.6 is 0 Å². The molecule has 0 atom stereocenters. The first-order valence-corrected chi connectivity index (χ1v) is 5.75. The van der Waals surface area contributed by atoms with Gasteiger partial charge >= 0.3 is 0 Å². The van der Waals surface area contributed by atoms with Crippen molar-refractivity contribution in [2.75, 3.05) is 39.3 Å². The minimum absolute atomic E-state index is 0.251. The molecule has 0 radical (unpaired) electrons. The maximum Gasteiger partial charge on any atom is 0.150 e. The molecule has 1 aliphatic heterocycles. The number of rotatable bonds is 4. The predicted molar refractivity (Wildman–Crippen MR) is 60.0 cm³/mol. The highest BCUT2D eigenvalue weighted by Crippen LogP contribution is 2.09. The van der Waals surface area contributed by atoms with E-state index in [0.717, 1.165) is 50.7 Å². The summed E-state index contributed by atoms with van der Waals surface area (Å²) < 4.78 is 5.20. The molecule has 90 valence electrons. The lowest BCUT2D eigenvalue weighted by atomic mass is 10.3. The average Bonchev–Trinajstić information content (AvgIpc) is 2.67. The molecule has 0 saturated carbocycles. The maximum atomic E-state index is 8.84. The van der Waals surface area contributed by atoms with Crippen LogP contribution in [0.2, 0.25) is 0 Å². The summed E-state index contributed by atoms with van der Waals surface area (Å²) in [6.07, 6.45) is 0. The molecule has 0 bridgehead atoms. The van der Waals surface area contributed by atoms with Crippen LogP contribution in [0, 0.1) is 6.92 Å². The van der Waals surface area contributed by atoms with Gasteiger partial charge < -0.3 is 9.63 Å². The third-order valence-electron chi connectivity index (χ3n) is 2.94. The fourth-order valence-corrected chi connectivity index (χ4v) is 2.02. The first-order valence-electron chi connectivity index (χ1n) is 5.75. The minimum Gasteiger partial charge on any atom is -0.395 e. The molecule has 0 spiro atoms. The number of β-amino-alcohol motifs (C(OH)–C–C–N with tert-alkyl or cyclic N) is 1. The third kappa shape index (κ3) is 3.04. The van der Waals surface area contributed by atoms with Crippen molar-refractivity contribution in [1.82, 2.24) is 15.0 Å². The van der Waals surface area contributed by atoms with Gasteiger partial charge in [0, 0.05) is 38.8 Å². The Kier molecular flexibility index (Phi) is 3.93. The first-order chi connectivity index (χ1) is 7.78. The van der Waals surface area contributed by atoms with Gasteiger partial charge in [-0.05, 0) is 6.92 Å². The number of aromatic nitrogens is 1. The van der Waals surface area contributed by atoms with Crippen molar-refractivity contribution in [3.8, 4) is 0 Å². The second-order valence-electron chi connectivity index (χ2n) is 4.28. The minimum atomic E-state index is 0.251. The topological polar surface area (TPSA) is 52.7 Å². The molecule has 2 heterocycles. The third-order valence-corrected chi connectivity index (χ3v) is 2.94. The summed E-state index contributed by atoms with van der Waals surface area (Å²) in [6.45, 7) is 7.91. The fraction of sp³-hybridized carbons (Fsp3) is 0.727. The Hall–Kier alpha value is -0.910. The summed E-state index contributed by atoms with van der Waals surface area (Å²) in [7, 11) is 0. The Morgan fingerprint density at radius 1 is 1.31 bits per heavy atom. The van der Waals surface area contributed by atoms with Crippen molar-refractivity contribution >= 4 is 0 Å². The lowest BCUT2D eigenvalue weighted by molar-refractivity contribution is 0.102. The van der Waals surface area contributed by atoms with Crippen LogP contribution in [0.4, 0.5) is 0 Å². The van der Waals surface area contributed by atoms with E-state index in [9.17, 15) is 0 Å². The molecule has 1 N–H and O–H groups in total. The van der Waals surface area contributed by atoms with Gasteiger partial charge in [-0.3, -0.25) is 9.80 Å². The smallest absolute Gasteiger partial charge is 0.150 e. The highest BCUT2D eigenvalue weighted by atomic mass is 16.5. The lowest BCUT2D eigenvalue weighted by Gasteiger charge is -2.33. The number of aryl methyl sites for hydroxylation is 1. The Labute approximate surface area is 95.6 Å². The van der Waals surface area contributed by atoms with E-state index in [2.05, 4.69) is 15.0 Å². The average molecular weight is 225 g/mol. The van der Waals surface area contributed by atoms with Gasteiger partial charge in [-0.15, -0.1) is 0 Å². The normalized spacial score (nSPS) is 19.1. The zero-order chi connectivity index (χ0) is 11.4. The second-order valence-corrected chi connectivity index (χ2v) is 4.28. The highest BCUT2D eigenvalue weighted by molar-refractivity contribution is 5.02. The predicted octanol–water partition coefficient (Wildman–Crippen LogP) is 0.0929. The summed E-state index contributed by atoms with van der Waals surface area (Å²) in [5, 5.41) is 12.7. The quantitative estimate of drug-likeness (QED) is 0.787. The monoisotopic (exact) mass is 225 g/mol. The molecule has 0 aliphatic carbocycles. The Balaban J connectivity index is 1.77. The van der Waals surface area contributed by atoms with Crippen LogP contribution < -0.4 is 0 Å². The van der Waals surface area contributed by atoms with Crippen molar-refractivity contribution in [3.05, 3.63) is 17.5 Å². The van der Waals surface area contributed by atoms with Gasteiger partial charge in [0.25, 0.3) is 0 Å². The highest BCUT2D eigenvalue weighted by Gasteiger charge is 2.17. The van der Waals surface area contributed by atoms with Crippen LogP contribution in [0.15, 0.2) is 10.6 Å². The van der Waals surface area contributed by atoms with Gasteiger partial charge in [-0.2, -0.15) is 0 Å². The van der Waals surface area contributed by atoms with E-state index < -0.39 is 0 Å². The molecule has 1 aliphatic rings. The molecule has 2 rings (SSSR count). The van der Waals surface area contributed by atoms with Crippen LogP contribution in [-0.4, -0.2) is 59.4 Å². The van der Waals surface area contributed by atoms with Crippen molar-refractivity contribution in [1.29, 1.82) is 0 Å². The molecule has 5 nitrogen and oxygen atoms in total. The standard InChI is InChI=1S/C11H19N3O2/c1-10-8-11(16-12-10)9-14-4-2-13(3-5-14)6-7-15/h8,15H,2-7,9H2,1H3. The molecule has 1 fully saturated rings. The van der Waals surface area contributed by atoms with E-state index in [1.54, 1.807) is 0 Å². The van der Waals surface area contributed by atoms with Gasteiger partial charge in [0.05, 0.1) is 18.8 Å². The number of aliphatic hydroxyl groups excluding tert-OH is 1. The summed E-state index contributed by atoms with van der Waals surface area (Å²) in [5.41, 5.74) is 0.939. The van der Waals surface area contributed by atoms with Gasteiger partial charge in [0.1, 0.15) is 0 Å². The molecule has 16 heavy (non-hydrogen) atoms. The van der Waals surface area contributed by atoms with E-state index in [1.165, 1.54) is 0 Å². The Morgan fingerprint density at radius 3 is 2.56 bits per heavy atom. The number of nitrogens with zero attached hydrogens (tertiary/aromatic N) is 3. The van der Waals surface area contributed by atoms with Crippen molar-refractivity contribution in [2.24, 2.45) is 0 Å². The summed E-state index contributed by atoms with van der Waals surface area (Å²) >= 11 is 0. The number of hydrogen-bond donors (Lipinski definition) is 1. The molecular weight excluding hydrogens is 206 g/mol. The van der Waals surface area contributed by atoms with E-state index in [4.69, 9.17) is 9.63 Å². The van der Waals surface area contributed by atoms with E-state index in [0.29, 0.717) is 0 Å². The van der Waals surface area contributed by atoms with Gasteiger partial charge in [0.15, 0.2) is 5.76 Å². The van der Waals surface area contributed by atoms with Crippen molar-refractivity contribution < 1.29 is 9.63 Å². The lowest BCUT2D eigenvalue weighted by Crippen LogP contribution is -2.46. The van der Waals surface area contributed by atoms with Crippen LogP contribution in [-0.2, 0) is 6.54 Å². The molecule has 1 aromatic heterocycles. The number of aliphatic hydroxyl groups is 1. The SMILES string of the molecule is Cc1cc(CN2CCN(CCO)CC2)on1. The van der Waals surface area contributed by atoms with Gasteiger partial charge in [0.2, 0.25) is 0 Å². The summed E-state index contributed by atoms with van der Waals surface area (Å²) in [6, 6.07) is 1.99. The van der Waals surface area contributed by atoms with Gasteiger partial charge in [-0.25, -0.2) is 0 Å². The summed E-state index contributed by atoms with van der Waals surface area (Å²) in [5.74, 6) is 0.938. The van der Waals surface area contributed by atoms with Crippen LogP contribution in [0.1, 0.15) is 11.5 Å². The van der Waals surface area contributed by atoms with Crippen LogP contribution in [0.25, 0.3) is 0 Å². The second kappa shape index (κ2) is 5.43. The number of hydrogen-bond acceptors (Lipinski definition) is 5. The molecule has 0 aromatic carbocycles. The first kappa shape index (κ1) is 11.6. The number of piperazine rings is 1. The Morgan fingerprint density at radius 2 is 2.00 bits per heavy atom. The van der Waals surface area contributed by atoms with E-state index >= 15 is 0 Å². The summed E-state index contributed by atoms with van der Waals surface area (Å²) in [4.78, 5) is 4.63. The molecular formula is C11H19N3O2. The van der Waals surface area contributed by atoms with Crippen molar-refractivity contribution in [2.45, 2.75) is 13.5 Å². The van der Waals surface area contributed by atoms with Crippen LogP contribution in [0.3, 0.4) is 0 Å². The van der Waals surface area contributed by atoms with E-state index in [1.807, 2.05) is 13.0 Å². The molecule has 5 heteroatoms. The largest absolute Gasteiger partial charge is 0.395 e.